The van der Waals surface area contributed by atoms with E-state index in [4.69, 9.17) is 0 Å². The van der Waals surface area contributed by atoms with Crippen molar-refractivity contribution in [1.29, 1.82) is 0 Å². The number of fused-ring (bicyclic) bond motifs is 1. The van der Waals surface area contributed by atoms with Crippen LogP contribution in [0.3, 0.4) is 0 Å². The van der Waals surface area contributed by atoms with Crippen molar-refractivity contribution in [2.45, 2.75) is 25.5 Å². The molecule has 0 amide bonds. The summed E-state index contributed by atoms with van der Waals surface area (Å²) in [5, 5.41) is 12.5. The standard InChI is InChI=1S/C14H17N3O2/c18-12-5-10(6-12)8-15-9-11-7-14(19)17-4-2-1-3-13(17)16-11/h1-4,7,10,12,15,18H,5-6,8-9H2. The second-order valence-electron chi connectivity index (χ2n) is 5.14. The summed E-state index contributed by atoms with van der Waals surface area (Å²) in [5.41, 5.74) is 1.38. The van der Waals surface area contributed by atoms with Gasteiger partial charge in [0.05, 0.1) is 11.8 Å². The molecule has 1 aliphatic rings. The fourth-order valence-corrected chi connectivity index (χ4v) is 2.47. The van der Waals surface area contributed by atoms with E-state index in [1.54, 1.807) is 12.3 Å². The van der Waals surface area contributed by atoms with Crippen LogP contribution in [0, 0.1) is 5.92 Å². The second-order valence-corrected chi connectivity index (χ2v) is 5.14. The van der Waals surface area contributed by atoms with Crippen molar-refractivity contribution in [3.8, 4) is 0 Å². The van der Waals surface area contributed by atoms with Gasteiger partial charge in [-0.05, 0) is 37.4 Å². The predicted octanol–water partition coefficient (Wildman–Crippen LogP) is 0.555. The number of aliphatic hydroxyl groups excluding tert-OH is 1. The molecular formula is C14H17N3O2. The van der Waals surface area contributed by atoms with Crippen molar-refractivity contribution in [3.05, 3.63) is 46.5 Å². The lowest BCUT2D eigenvalue weighted by Crippen LogP contribution is -2.36. The highest BCUT2D eigenvalue weighted by atomic mass is 16.3. The van der Waals surface area contributed by atoms with Crippen molar-refractivity contribution < 1.29 is 5.11 Å². The third kappa shape index (κ3) is 2.67. The number of aromatic nitrogens is 2. The molecule has 0 aromatic carbocycles. The minimum Gasteiger partial charge on any atom is -0.393 e. The highest BCUT2D eigenvalue weighted by Crippen LogP contribution is 2.26. The van der Waals surface area contributed by atoms with E-state index in [0.29, 0.717) is 18.1 Å². The third-order valence-electron chi connectivity index (χ3n) is 3.57. The molecule has 0 unspecified atom stereocenters. The maximum atomic E-state index is 11.9. The summed E-state index contributed by atoms with van der Waals surface area (Å²) in [7, 11) is 0. The molecule has 0 aliphatic heterocycles. The van der Waals surface area contributed by atoms with Crippen LogP contribution < -0.4 is 10.9 Å². The van der Waals surface area contributed by atoms with Crippen molar-refractivity contribution in [2.24, 2.45) is 5.92 Å². The molecule has 2 N–H and O–H groups in total. The Morgan fingerprint density at radius 2 is 2.26 bits per heavy atom. The van der Waals surface area contributed by atoms with Crippen LogP contribution >= 0.6 is 0 Å². The van der Waals surface area contributed by atoms with Crippen LogP contribution in [0.25, 0.3) is 5.65 Å². The summed E-state index contributed by atoms with van der Waals surface area (Å²) in [6.45, 7) is 1.46. The van der Waals surface area contributed by atoms with Gasteiger partial charge in [-0.3, -0.25) is 9.20 Å². The molecule has 19 heavy (non-hydrogen) atoms. The number of pyridine rings is 1. The van der Waals surface area contributed by atoms with Gasteiger partial charge in [-0.2, -0.15) is 0 Å². The molecule has 2 heterocycles. The molecular weight excluding hydrogens is 242 g/mol. The van der Waals surface area contributed by atoms with Crippen molar-refractivity contribution >= 4 is 5.65 Å². The molecule has 5 nitrogen and oxygen atoms in total. The Hall–Kier alpha value is -1.72. The second kappa shape index (κ2) is 5.11. The first-order valence-electron chi connectivity index (χ1n) is 6.58. The highest BCUT2D eigenvalue weighted by molar-refractivity contribution is 5.37. The first-order valence-corrected chi connectivity index (χ1v) is 6.58. The Labute approximate surface area is 110 Å². The van der Waals surface area contributed by atoms with E-state index in [-0.39, 0.29) is 11.7 Å². The van der Waals surface area contributed by atoms with Crippen LogP contribution in [0.2, 0.25) is 0 Å². The molecule has 0 radical (unpaired) electrons. The van der Waals surface area contributed by atoms with Gasteiger partial charge >= 0.3 is 0 Å². The van der Waals surface area contributed by atoms with Gasteiger partial charge in [0.15, 0.2) is 0 Å². The van der Waals surface area contributed by atoms with E-state index in [0.717, 1.165) is 25.1 Å². The molecule has 2 aromatic rings. The molecule has 0 spiro atoms. The Morgan fingerprint density at radius 3 is 3.05 bits per heavy atom. The zero-order chi connectivity index (χ0) is 13.2. The number of hydrogen-bond acceptors (Lipinski definition) is 4. The lowest BCUT2D eigenvalue weighted by Gasteiger charge is -2.31. The van der Waals surface area contributed by atoms with E-state index < -0.39 is 0 Å². The Morgan fingerprint density at radius 1 is 1.42 bits per heavy atom. The topological polar surface area (TPSA) is 66.6 Å². The molecule has 0 saturated heterocycles. The minimum absolute atomic E-state index is 0.0542. The normalized spacial score (nSPS) is 22.4. The van der Waals surface area contributed by atoms with Gasteiger partial charge in [-0.25, -0.2) is 4.98 Å². The average Bonchev–Trinajstić information content (AvgIpc) is 2.37. The predicted molar refractivity (Wildman–Crippen MR) is 71.9 cm³/mol. The van der Waals surface area contributed by atoms with Crippen molar-refractivity contribution in [1.82, 2.24) is 14.7 Å². The van der Waals surface area contributed by atoms with E-state index >= 15 is 0 Å². The lowest BCUT2D eigenvalue weighted by molar-refractivity contribution is 0.0429. The fourth-order valence-electron chi connectivity index (χ4n) is 2.47. The largest absolute Gasteiger partial charge is 0.393 e. The third-order valence-corrected chi connectivity index (χ3v) is 3.57. The highest BCUT2D eigenvalue weighted by Gasteiger charge is 2.26. The van der Waals surface area contributed by atoms with Crippen molar-refractivity contribution in [2.75, 3.05) is 6.54 Å². The zero-order valence-corrected chi connectivity index (χ0v) is 10.6. The summed E-state index contributed by atoms with van der Waals surface area (Å²) in [6, 6.07) is 7.08. The average molecular weight is 259 g/mol. The molecule has 0 atom stereocenters. The van der Waals surface area contributed by atoms with Gasteiger partial charge in [-0.15, -0.1) is 0 Å². The first-order chi connectivity index (χ1) is 9.22. The zero-order valence-electron chi connectivity index (χ0n) is 10.6. The molecule has 1 saturated carbocycles. The molecule has 3 rings (SSSR count). The maximum absolute atomic E-state index is 11.9. The SMILES string of the molecule is O=c1cc(CNCC2CC(O)C2)nc2ccccn12. The monoisotopic (exact) mass is 259 g/mol. The van der Waals surface area contributed by atoms with E-state index in [1.165, 1.54) is 4.40 Å². The van der Waals surface area contributed by atoms with Crippen LogP contribution in [0.1, 0.15) is 18.5 Å². The molecule has 5 heteroatoms. The van der Waals surface area contributed by atoms with Crippen LogP contribution in [0.15, 0.2) is 35.3 Å². The van der Waals surface area contributed by atoms with Crippen molar-refractivity contribution in [3.63, 3.8) is 0 Å². The van der Waals surface area contributed by atoms with E-state index in [9.17, 15) is 9.90 Å². The van der Waals surface area contributed by atoms with Gasteiger partial charge < -0.3 is 10.4 Å². The summed E-state index contributed by atoms with van der Waals surface area (Å²) >= 11 is 0. The summed E-state index contributed by atoms with van der Waals surface area (Å²) < 4.78 is 1.53. The van der Waals surface area contributed by atoms with Crippen LogP contribution in [0.5, 0.6) is 0 Å². The summed E-state index contributed by atoms with van der Waals surface area (Å²) in [5.74, 6) is 0.552. The van der Waals surface area contributed by atoms with Gasteiger partial charge in [0.25, 0.3) is 5.56 Å². The Balaban J connectivity index is 1.66. The van der Waals surface area contributed by atoms with E-state index in [2.05, 4.69) is 10.3 Å². The minimum atomic E-state index is -0.116. The fraction of sp³-hybridized carbons (Fsp3) is 0.429. The molecule has 1 fully saturated rings. The van der Waals surface area contributed by atoms with Crippen LogP contribution in [-0.2, 0) is 6.54 Å². The van der Waals surface area contributed by atoms with Gasteiger partial charge in [0, 0.05) is 18.8 Å². The lowest BCUT2D eigenvalue weighted by atomic mass is 9.82. The number of aliphatic hydroxyl groups is 1. The Bertz CT molecular complexity index is 632. The van der Waals surface area contributed by atoms with E-state index in [1.807, 2.05) is 18.2 Å². The first kappa shape index (κ1) is 12.3. The van der Waals surface area contributed by atoms with Crippen LogP contribution in [-0.4, -0.2) is 27.1 Å². The molecule has 100 valence electrons. The van der Waals surface area contributed by atoms with Gasteiger partial charge in [0.2, 0.25) is 0 Å². The number of nitrogens with one attached hydrogen (secondary N) is 1. The summed E-state index contributed by atoms with van der Waals surface area (Å²) in [4.78, 5) is 16.3. The number of hydrogen-bond donors (Lipinski definition) is 2. The molecule has 1 aliphatic carbocycles. The molecule has 2 aromatic heterocycles. The molecule has 0 bridgehead atoms. The number of nitrogens with zero attached hydrogens (tertiary/aromatic N) is 2. The Kier molecular flexibility index (Phi) is 3.31. The maximum Gasteiger partial charge on any atom is 0.258 e. The smallest absolute Gasteiger partial charge is 0.258 e. The van der Waals surface area contributed by atoms with Gasteiger partial charge in [-0.1, -0.05) is 6.07 Å². The quantitative estimate of drug-likeness (QED) is 0.841. The number of rotatable bonds is 4. The summed E-state index contributed by atoms with van der Waals surface area (Å²) in [6.07, 6.45) is 3.36. The van der Waals surface area contributed by atoms with Crippen LogP contribution in [0.4, 0.5) is 0 Å². The van der Waals surface area contributed by atoms with Gasteiger partial charge in [0.1, 0.15) is 5.65 Å².